The highest BCUT2D eigenvalue weighted by Crippen LogP contribution is 2.32. The van der Waals surface area contributed by atoms with Gasteiger partial charge in [0.05, 0.1) is 18.8 Å². The van der Waals surface area contributed by atoms with Gasteiger partial charge in [0.15, 0.2) is 5.75 Å². The van der Waals surface area contributed by atoms with Crippen molar-refractivity contribution in [3.8, 4) is 11.5 Å². The summed E-state index contributed by atoms with van der Waals surface area (Å²) in [7, 11) is 0. The number of benzene rings is 3. The molecule has 3 aromatic rings. The fourth-order valence-corrected chi connectivity index (χ4v) is 4.48. The molecule has 1 saturated heterocycles. The van der Waals surface area contributed by atoms with Crippen LogP contribution in [-0.2, 0) is 16.1 Å². The monoisotopic (exact) mass is 485 g/mol. The number of ether oxygens (including phenoxy) is 1. The summed E-state index contributed by atoms with van der Waals surface area (Å²) >= 11 is 0. The van der Waals surface area contributed by atoms with Crippen LogP contribution >= 0.6 is 0 Å². The van der Waals surface area contributed by atoms with Crippen LogP contribution < -0.4 is 15.0 Å². The number of carbonyl (C=O) groups excluding carboxylic acids is 2. The molecule has 0 atom stereocenters. The summed E-state index contributed by atoms with van der Waals surface area (Å²) in [5.74, 6) is 1.21. The van der Waals surface area contributed by atoms with E-state index in [1.165, 1.54) is 0 Å². The molecule has 1 aliphatic rings. The molecule has 3 aromatic carbocycles. The average Bonchev–Trinajstić information content (AvgIpc) is 3.18. The van der Waals surface area contributed by atoms with Crippen molar-refractivity contribution < 1.29 is 14.3 Å². The van der Waals surface area contributed by atoms with Crippen molar-refractivity contribution >= 4 is 17.5 Å². The molecular formula is C30H35N3O3. The van der Waals surface area contributed by atoms with Crippen LogP contribution in [-0.4, -0.2) is 42.9 Å². The predicted octanol–water partition coefficient (Wildman–Crippen LogP) is 5.31. The third kappa shape index (κ3) is 7.35. The van der Waals surface area contributed by atoms with Crippen molar-refractivity contribution in [2.24, 2.45) is 0 Å². The molecule has 2 amide bonds. The number of amides is 2. The van der Waals surface area contributed by atoms with Gasteiger partial charge in [0.25, 0.3) is 0 Å². The van der Waals surface area contributed by atoms with Crippen molar-refractivity contribution in [3.63, 3.8) is 0 Å². The number of hydrogen-bond acceptors (Lipinski definition) is 4. The number of hydrogen-bond donors (Lipinski definition) is 1. The lowest BCUT2D eigenvalue weighted by molar-refractivity contribution is -0.129. The summed E-state index contributed by atoms with van der Waals surface area (Å²) in [5.41, 5.74) is 2.91. The lowest BCUT2D eigenvalue weighted by Crippen LogP contribution is -2.44. The van der Waals surface area contributed by atoms with Crippen LogP contribution in [0.25, 0.3) is 0 Å². The van der Waals surface area contributed by atoms with E-state index in [2.05, 4.69) is 11.4 Å². The maximum Gasteiger partial charge on any atom is 0.242 e. The number of rotatable bonds is 9. The second kappa shape index (κ2) is 12.8. The normalized spacial score (nSPS) is 13.5. The Bertz CT molecular complexity index is 1140. The Morgan fingerprint density at radius 2 is 1.58 bits per heavy atom. The van der Waals surface area contributed by atoms with Gasteiger partial charge in [0.2, 0.25) is 11.8 Å². The summed E-state index contributed by atoms with van der Waals surface area (Å²) < 4.78 is 6.16. The van der Waals surface area contributed by atoms with Crippen LogP contribution in [0.1, 0.15) is 36.8 Å². The number of carbonyl (C=O) groups is 2. The highest BCUT2D eigenvalue weighted by molar-refractivity contribution is 5.87. The maximum atomic E-state index is 13.3. The number of likely N-dealkylation sites (tertiary alicyclic amines) is 1. The van der Waals surface area contributed by atoms with E-state index in [9.17, 15) is 9.59 Å². The molecule has 6 nitrogen and oxygen atoms in total. The van der Waals surface area contributed by atoms with E-state index < -0.39 is 0 Å². The Morgan fingerprint density at radius 3 is 2.33 bits per heavy atom. The molecule has 1 fully saturated rings. The fourth-order valence-electron chi connectivity index (χ4n) is 4.48. The SMILES string of the molecule is Cc1cccc(CNC(=O)CN(CC(=O)N2CCCCCC2)c2ccccc2Oc2ccccc2)c1. The van der Waals surface area contributed by atoms with Gasteiger partial charge in [0, 0.05) is 19.6 Å². The standard InChI is InChI=1S/C30H35N3O3/c1-24-12-11-13-25(20-24)21-31-29(34)22-33(23-30(35)32-18-9-2-3-10-19-32)27-16-7-8-17-28(27)36-26-14-5-4-6-15-26/h4-8,11-17,20H,2-3,9-10,18-19,21-23H2,1H3,(H,31,34). The zero-order valence-electron chi connectivity index (χ0n) is 21.0. The van der Waals surface area contributed by atoms with Gasteiger partial charge in [-0.2, -0.15) is 0 Å². The first kappa shape index (κ1) is 25.3. The summed E-state index contributed by atoms with van der Waals surface area (Å²) in [5, 5.41) is 3.01. The second-order valence-corrected chi connectivity index (χ2v) is 9.30. The molecule has 4 rings (SSSR count). The van der Waals surface area contributed by atoms with Gasteiger partial charge in [-0.05, 0) is 49.6 Å². The van der Waals surface area contributed by atoms with Crippen LogP contribution in [0.4, 0.5) is 5.69 Å². The van der Waals surface area contributed by atoms with Crippen LogP contribution in [0, 0.1) is 6.92 Å². The molecule has 0 spiro atoms. The van der Waals surface area contributed by atoms with Crippen LogP contribution in [0.15, 0.2) is 78.9 Å². The summed E-state index contributed by atoms with van der Waals surface area (Å²) in [6.45, 7) is 4.19. The molecule has 188 valence electrons. The molecule has 1 heterocycles. The van der Waals surface area contributed by atoms with Gasteiger partial charge in [-0.1, -0.05) is 73.0 Å². The molecule has 36 heavy (non-hydrogen) atoms. The average molecular weight is 486 g/mol. The van der Waals surface area contributed by atoms with Gasteiger partial charge in [-0.15, -0.1) is 0 Å². The predicted molar refractivity (Wildman–Crippen MR) is 143 cm³/mol. The number of para-hydroxylation sites is 3. The maximum absolute atomic E-state index is 13.3. The van der Waals surface area contributed by atoms with Gasteiger partial charge in [0.1, 0.15) is 5.75 Å². The Labute approximate surface area is 213 Å². The van der Waals surface area contributed by atoms with Crippen molar-refractivity contribution in [2.45, 2.75) is 39.2 Å². The van der Waals surface area contributed by atoms with E-state index in [0.717, 1.165) is 55.6 Å². The van der Waals surface area contributed by atoms with E-state index in [1.807, 2.05) is 89.5 Å². The highest BCUT2D eigenvalue weighted by atomic mass is 16.5. The zero-order valence-corrected chi connectivity index (χ0v) is 21.0. The topological polar surface area (TPSA) is 61.9 Å². The van der Waals surface area contributed by atoms with Crippen LogP contribution in [0.2, 0.25) is 0 Å². The first-order valence-corrected chi connectivity index (χ1v) is 12.8. The molecule has 0 aliphatic carbocycles. The van der Waals surface area contributed by atoms with E-state index >= 15 is 0 Å². The molecule has 0 saturated carbocycles. The fraction of sp³-hybridized carbons (Fsp3) is 0.333. The number of aryl methyl sites for hydroxylation is 1. The molecule has 6 heteroatoms. The number of nitrogens with zero attached hydrogens (tertiary/aromatic N) is 2. The van der Waals surface area contributed by atoms with Crippen molar-refractivity contribution in [1.29, 1.82) is 0 Å². The number of nitrogens with one attached hydrogen (secondary N) is 1. The largest absolute Gasteiger partial charge is 0.455 e. The molecule has 0 unspecified atom stereocenters. The van der Waals surface area contributed by atoms with E-state index in [4.69, 9.17) is 4.74 Å². The van der Waals surface area contributed by atoms with E-state index in [-0.39, 0.29) is 24.9 Å². The minimum absolute atomic E-state index is 0.0397. The summed E-state index contributed by atoms with van der Waals surface area (Å²) in [6, 6.07) is 25.2. The minimum atomic E-state index is -0.144. The smallest absolute Gasteiger partial charge is 0.242 e. The Balaban J connectivity index is 1.52. The summed E-state index contributed by atoms with van der Waals surface area (Å²) in [6.07, 6.45) is 4.36. The molecular weight excluding hydrogens is 450 g/mol. The first-order chi connectivity index (χ1) is 17.6. The number of anilines is 1. The Kier molecular flexibility index (Phi) is 8.98. The molecule has 0 bridgehead atoms. The van der Waals surface area contributed by atoms with E-state index in [0.29, 0.717) is 18.0 Å². The zero-order chi connectivity index (χ0) is 25.2. The van der Waals surface area contributed by atoms with Crippen LogP contribution in [0.5, 0.6) is 11.5 Å². The van der Waals surface area contributed by atoms with Gasteiger partial charge in [-0.25, -0.2) is 0 Å². The lowest BCUT2D eigenvalue weighted by atomic mass is 10.1. The third-order valence-electron chi connectivity index (χ3n) is 6.37. The molecule has 0 aromatic heterocycles. The Morgan fingerprint density at radius 1 is 0.861 bits per heavy atom. The molecule has 0 radical (unpaired) electrons. The third-order valence-corrected chi connectivity index (χ3v) is 6.37. The lowest BCUT2D eigenvalue weighted by Gasteiger charge is -2.29. The van der Waals surface area contributed by atoms with Gasteiger partial charge >= 0.3 is 0 Å². The highest BCUT2D eigenvalue weighted by Gasteiger charge is 2.23. The van der Waals surface area contributed by atoms with Crippen molar-refractivity contribution in [2.75, 3.05) is 31.1 Å². The van der Waals surface area contributed by atoms with Crippen molar-refractivity contribution in [3.05, 3.63) is 90.0 Å². The van der Waals surface area contributed by atoms with E-state index in [1.54, 1.807) is 0 Å². The molecule has 1 aliphatic heterocycles. The first-order valence-electron chi connectivity index (χ1n) is 12.8. The molecule has 1 N–H and O–H groups in total. The van der Waals surface area contributed by atoms with Crippen LogP contribution in [0.3, 0.4) is 0 Å². The van der Waals surface area contributed by atoms with Gasteiger partial charge in [-0.3, -0.25) is 9.59 Å². The van der Waals surface area contributed by atoms with Gasteiger partial charge < -0.3 is 19.9 Å². The second-order valence-electron chi connectivity index (χ2n) is 9.30. The summed E-state index contributed by atoms with van der Waals surface area (Å²) in [4.78, 5) is 30.1. The quantitative estimate of drug-likeness (QED) is 0.446. The Hall–Kier alpha value is -3.80. The minimum Gasteiger partial charge on any atom is -0.455 e. The van der Waals surface area contributed by atoms with Crippen molar-refractivity contribution in [1.82, 2.24) is 10.2 Å².